The van der Waals surface area contributed by atoms with E-state index in [0.717, 1.165) is 0 Å². The second-order valence-electron chi connectivity index (χ2n) is 4.03. The minimum atomic E-state index is -0.573. The molecule has 0 saturated carbocycles. The molecule has 0 fully saturated rings. The van der Waals surface area contributed by atoms with Crippen molar-refractivity contribution in [3.05, 3.63) is 23.8 Å². The first-order valence-corrected chi connectivity index (χ1v) is 5.87. The summed E-state index contributed by atoms with van der Waals surface area (Å²) in [5.74, 6) is -0.819. The molecule has 0 aliphatic rings. The van der Waals surface area contributed by atoms with E-state index in [1.54, 1.807) is 6.92 Å². The highest BCUT2D eigenvalue weighted by Crippen LogP contribution is 2.14. The fourth-order valence-corrected chi connectivity index (χ4v) is 1.48. The molecular formula is C13H17N3O3. The summed E-state index contributed by atoms with van der Waals surface area (Å²) in [5.41, 5.74) is 12.1. The third-order valence-corrected chi connectivity index (χ3v) is 2.46. The Balaban J connectivity index is 2.52. The van der Waals surface area contributed by atoms with Crippen LogP contribution in [0.15, 0.2) is 18.2 Å². The Kier molecular flexibility index (Phi) is 5.05. The fourth-order valence-electron chi connectivity index (χ4n) is 1.48. The molecule has 0 unspecified atom stereocenters. The van der Waals surface area contributed by atoms with E-state index in [1.165, 1.54) is 18.2 Å². The van der Waals surface area contributed by atoms with Gasteiger partial charge in [0.2, 0.25) is 0 Å². The summed E-state index contributed by atoms with van der Waals surface area (Å²) in [6.07, 6.45) is 0.384. The van der Waals surface area contributed by atoms with Crippen LogP contribution >= 0.6 is 0 Å². The second-order valence-corrected chi connectivity index (χ2v) is 4.03. The van der Waals surface area contributed by atoms with Crippen LogP contribution in [-0.4, -0.2) is 24.1 Å². The molecule has 0 spiro atoms. The molecule has 1 aromatic carbocycles. The predicted octanol–water partition coefficient (Wildman–Crippen LogP) is 1.40. The van der Waals surface area contributed by atoms with Gasteiger partial charge in [-0.25, -0.2) is 4.79 Å². The summed E-state index contributed by atoms with van der Waals surface area (Å²) in [6, 6.07) is 4.45. The first-order chi connectivity index (χ1) is 8.93. The van der Waals surface area contributed by atoms with E-state index in [0.29, 0.717) is 11.4 Å². The Morgan fingerprint density at radius 2 is 1.79 bits per heavy atom. The van der Waals surface area contributed by atoms with Crippen LogP contribution < -0.4 is 11.5 Å². The summed E-state index contributed by atoms with van der Waals surface area (Å²) < 4.78 is 4.96. The van der Waals surface area contributed by atoms with Crippen LogP contribution in [0.25, 0.3) is 0 Å². The molecule has 0 saturated heterocycles. The zero-order valence-electron chi connectivity index (χ0n) is 10.7. The standard InChI is InChI=1S/C13H17N3O3/c1-2-12(17)11(16)3-4-19-13(18)8-5-9(14)7-10(15)6-8/h5-7,16H,2-4,14-15H2,1H3. The number of esters is 1. The lowest BCUT2D eigenvalue weighted by atomic mass is 10.1. The monoisotopic (exact) mass is 263 g/mol. The molecule has 0 atom stereocenters. The Hall–Kier alpha value is -2.37. The van der Waals surface area contributed by atoms with Crippen molar-refractivity contribution < 1.29 is 14.3 Å². The average molecular weight is 263 g/mol. The molecule has 0 radical (unpaired) electrons. The molecule has 0 aromatic heterocycles. The number of hydrogen-bond acceptors (Lipinski definition) is 6. The van der Waals surface area contributed by atoms with Crippen LogP contribution in [0.5, 0.6) is 0 Å². The van der Waals surface area contributed by atoms with E-state index in [-0.39, 0.29) is 36.5 Å². The van der Waals surface area contributed by atoms with Crippen molar-refractivity contribution in [1.82, 2.24) is 0 Å². The number of rotatable bonds is 6. The summed E-state index contributed by atoms with van der Waals surface area (Å²) in [7, 11) is 0. The molecule has 0 bridgehead atoms. The maximum atomic E-state index is 11.7. The van der Waals surface area contributed by atoms with Gasteiger partial charge in [0.15, 0.2) is 5.78 Å². The number of ketones is 1. The summed E-state index contributed by atoms with van der Waals surface area (Å²) in [4.78, 5) is 22.8. The summed E-state index contributed by atoms with van der Waals surface area (Å²) >= 11 is 0. The number of nitrogen functional groups attached to an aromatic ring is 2. The molecule has 5 N–H and O–H groups in total. The van der Waals surface area contributed by atoms with E-state index < -0.39 is 5.97 Å². The topological polar surface area (TPSA) is 119 Å². The number of benzene rings is 1. The summed E-state index contributed by atoms with van der Waals surface area (Å²) in [5, 5.41) is 7.43. The molecule has 0 heterocycles. The molecule has 102 valence electrons. The number of nitrogens with one attached hydrogen (secondary N) is 1. The lowest BCUT2D eigenvalue weighted by Crippen LogP contribution is -2.16. The van der Waals surface area contributed by atoms with Crippen molar-refractivity contribution >= 4 is 28.8 Å². The van der Waals surface area contributed by atoms with Gasteiger partial charge in [0.25, 0.3) is 0 Å². The van der Waals surface area contributed by atoms with Crippen molar-refractivity contribution in [2.24, 2.45) is 0 Å². The minimum absolute atomic E-state index is 0.0158. The third kappa shape index (κ3) is 4.42. The van der Waals surface area contributed by atoms with Crippen molar-refractivity contribution in [3.63, 3.8) is 0 Å². The molecule has 0 aliphatic carbocycles. The largest absolute Gasteiger partial charge is 0.462 e. The number of anilines is 2. The van der Waals surface area contributed by atoms with Gasteiger partial charge in [-0.15, -0.1) is 0 Å². The van der Waals surface area contributed by atoms with Gasteiger partial charge in [0.05, 0.1) is 17.9 Å². The Bertz CT molecular complexity index is 492. The van der Waals surface area contributed by atoms with Crippen molar-refractivity contribution in [2.75, 3.05) is 18.1 Å². The van der Waals surface area contributed by atoms with E-state index in [4.69, 9.17) is 21.6 Å². The molecule has 1 rings (SSSR count). The minimum Gasteiger partial charge on any atom is -0.462 e. The smallest absolute Gasteiger partial charge is 0.338 e. The van der Waals surface area contributed by atoms with Crippen molar-refractivity contribution in [2.45, 2.75) is 19.8 Å². The summed E-state index contributed by atoms with van der Waals surface area (Å²) in [6.45, 7) is 1.66. The van der Waals surface area contributed by atoms with Crippen LogP contribution in [0.1, 0.15) is 30.1 Å². The Morgan fingerprint density at radius 1 is 1.21 bits per heavy atom. The van der Waals surface area contributed by atoms with Gasteiger partial charge in [-0.2, -0.15) is 0 Å². The van der Waals surface area contributed by atoms with E-state index >= 15 is 0 Å². The molecule has 0 aliphatic heterocycles. The van der Waals surface area contributed by atoms with Crippen molar-refractivity contribution in [1.29, 1.82) is 5.41 Å². The SMILES string of the molecule is CCC(=O)C(=N)CCOC(=O)c1cc(N)cc(N)c1. The lowest BCUT2D eigenvalue weighted by molar-refractivity contribution is -0.112. The van der Waals surface area contributed by atoms with Crippen LogP contribution in [0.4, 0.5) is 11.4 Å². The molecule has 6 heteroatoms. The highest BCUT2D eigenvalue weighted by atomic mass is 16.5. The van der Waals surface area contributed by atoms with Crippen LogP contribution in [0, 0.1) is 5.41 Å². The Morgan fingerprint density at radius 3 is 2.32 bits per heavy atom. The van der Waals surface area contributed by atoms with Gasteiger partial charge in [-0.1, -0.05) is 6.92 Å². The zero-order chi connectivity index (χ0) is 14.4. The second kappa shape index (κ2) is 6.53. The van der Waals surface area contributed by atoms with Crippen LogP contribution in [-0.2, 0) is 9.53 Å². The first-order valence-electron chi connectivity index (χ1n) is 5.87. The molecule has 1 aromatic rings. The van der Waals surface area contributed by atoms with Crippen LogP contribution in [0.3, 0.4) is 0 Å². The number of ether oxygens (including phenoxy) is 1. The number of carbonyl (C=O) groups is 2. The number of hydrogen-bond donors (Lipinski definition) is 3. The van der Waals surface area contributed by atoms with Gasteiger partial charge in [0, 0.05) is 24.2 Å². The number of carbonyl (C=O) groups excluding carboxylic acids is 2. The highest BCUT2D eigenvalue weighted by Gasteiger charge is 2.11. The predicted molar refractivity (Wildman–Crippen MR) is 73.2 cm³/mol. The third-order valence-electron chi connectivity index (χ3n) is 2.46. The molecule has 0 amide bonds. The van der Waals surface area contributed by atoms with Crippen molar-refractivity contribution in [3.8, 4) is 0 Å². The lowest BCUT2D eigenvalue weighted by Gasteiger charge is -2.06. The highest BCUT2D eigenvalue weighted by molar-refractivity contribution is 6.38. The van der Waals surface area contributed by atoms with E-state index in [2.05, 4.69) is 0 Å². The first kappa shape index (κ1) is 14.7. The average Bonchev–Trinajstić information content (AvgIpc) is 2.36. The zero-order valence-corrected chi connectivity index (χ0v) is 10.7. The molecule has 19 heavy (non-hydrogen) atoms. The van der Waals surface area contributed by atoms with E-state index in [1.807, 2.05) is 0 Å². The molecule has 6 nitrogen and oxygen atoms in total. The fraction of sp³-hybridized carbons (Fsp3) is 0.308. The maximum absolute atomic E-state index is 11.7. The van der Waals surface area contributed by atoms with Gasteiger partial charge in [0.1, 0.15) is 0 Å². The van der Waals surface area contributed by atoms with Gasteiger partial charge < -0.3 is 21.6 Å². The number of nitrogens with two attached hydrogens (primary N) is 2. The Labute approximate surface area is 111 Å². The van der Waals surface area contributed by atoms with Gasteiger partial charge in [-0.05, 0) is 18.2 Å². The van der Waals surface area contributed by atoms with Crippen LogP contribution in [0.2, 0.25) is 0 Å². The normalized spacial score (nSPS) is 9.95. The number of Topliss-reactive ketones (excluding diaryl/α,β-unsaturated/α-hetero) is 1. The van der Waals surface area contributed by atoms with Gasteiger partial charge >= 0.3 is 5.97 Å². The quantitative estimate of drug-likeness (QED) is 0.407. The maximum Gasteiger partial charge on any atom is 0.338 e. The molecular weight excluding hydrogens is 246 g/mol. The van der Waals surface area contributed by atoms with E-state index in [9.17, 15) is 9.59 Å². The van der Waals surface area contributed by atoms with Gasteiger partial charge in [-0.3, -0.25) is 4.79 Å².